The number of hydrogen-bond acceptors (Lipinski definition) is 4. The first-order valence-corrected chi connectivity index (χ1v) is 10.0. The minimum atomic E-state index is -0.144. The molecular formula is C23H31N3O3. The Bertz CT molecular complexity index is 805. The Hall–Kier alpha value is -3.02. The summed E-state index contributed by atoms with van der Waals surface area (Å²) in [5, 5.41) is 6.04. The van der Waals surface area contributed by atoms with Gasteiger partial charge in [0.25, 0.3) is 0 Å². The largest absolute Gasteiger partial charge is 0.491 e. The van der Waals surface area contributed by atoms with E-state index in [0.717, 1.165) is 35.5 Å². The molecular weight excluding hydrogens is 366 g/mol. The van der Waals surface area contributed by atoms with Crippen molar-refractivity contribution >= 4 is 23.2 Å². The molecule has 0 fully saturated rings. The van der Waals surface area contributed by atoms with Crippen LogP contribution in [0.15, 0.2) is 48.5 Å². The number of ether oxygens (including phenoxy) is 1. The molecule has 0 aliphatic carbocycles. The number of nitrogens with one attached hydrogen (secondary N) is 2. The Morgan fingerprint density at radius 1 is 1.07 bits per heavy atom. The van der Waals surface area contributed by atoms with Crippen LogP contribution in [0.4, 0.5) is 11.4 Å². The van der Waals surface area contributed by atoms with Crippen molar-refractivity contribution in [2.45, 2.75) is 32.6 Å². The van der Waals surface area contributed by atoms with E-state index >= 15 is 0 Å². The first-order valence-electron chi connectivity index (χ1n) is 10.0. The van der Waals surface area contributed by atoms with E-state index in [1.807, 2.05) is 48.5 Å². The second-order valence-electron chi connectivity index (χ2n) is 7.09. The summed E-state index contributed by atoms with van der Waals surface area (Å²) < 4.78 is 5.78. The molecule has 0 bridgehead atoms. The molecule has 2 rings (SSSR count). The Balaban J connectivity index is 1.87. The monoisotopic (exact) mass is 397 g/mol. The number of amides is 2. The SMILES string of the molecule is CCCCOc1ccccc1NCC(=O)Nc1cccc(CCC(=O)N(C)C)c1. The predicted molar refractivity (Wildman–Crippen MR) is 117 cm³/mol. The van der Waals surface area contributed by atoms with Crippen molar-refractivity contribution in [2.24, 2.45) is 0 Å². The molecule has 2 aromatic carbocycles. The molecule has 2 amide bonds. The average Bonchev–Trinajstić information content (AvgIpc) is 2.71. The summed E-state index contributed by atoms with van der Waals surface area (Å²) in [6.45, 7) is 2.91. The number of benzene rings is 2. The molecule has 2 N–H and O–H groups in total. The fourth-order valence-corrected chi connectivity index (χ4v) is 2.73. The molecule has 0 radical (unpaired) electrons. The van der Waals surface area contributed by atoms with Gasteiger partial charge in [0, 0.05) is 26.2 Å². The number of para-hydroxylation sites is 2. The summed E-state index contributed by atoms with van der Waals surface area (Å²) in [7, 11) is 3.50. The molecule has 0 saturated heterocycles. The molecule has 0 atom stereocenters. The lowest BCUT2D eigenvalue weighted by Crippen LogP contribution is -2.22. The van der Waals surface area contributed by atoms with Crippen LogP contribution in [0.5, 0.6) is 5.75 Å². The molecule has 2 aromatic rings. The van der Waals surface area contributed by atoms with Crippen LogP contribution >= 0.6 is 0 Å². The predicted octanol–water partition coefficient (Wildman–Crippen LogP) is 3.94. The average molecular weight is 398 g/mol. The number of carbonyl (C=O) groups excluding carboxylic acids is 2. The number of rotatable bonds is 11. The zero-order chi connectivity index (χ0) is 21.1. The fourth-order valence-electron chi connectivity index (χ4n) is 2.73. The van der Waals surface area contributed by atoms with Crippen LogP contribution in [0, 0.1) is 0 Å². The Morgan fingerprint density at radius 3 is 2.62 bits per heavy atom. The number of anilines is 2. The summed E-state index contributed by atoms with van der Waals surface area (Å²) in [5.41, 5.74) is 2.54. The van der Waals surface area contributed by atoms with Gasteiger partial charge in [-0.25, -0.2) is 0 Å². The maximum Gasteiger partial charge on any atom is 0.243 e. The lowest BCUT2D eigenvalue weighted by Gasteiger charge is -2.13. The number of nitrogens with zero attached hydrogens (tertiary/aromatic N) is 1. The summed E-state index contributed by atoms with van der Waals surface area (Å²) >= 11 is 0. The number of carbonyl (C=O) groups is 2. The summed E-state index contributed by atoms with van der Waals surface area (Å²) in [6, 6.07) is 15.2. The topological polar surface area (TPSA) is 70.7 Å². The zero-order valence-electron chi connectivity index (χ0n) is 17.5. The number of aryl methyl sites for hydroxylation is 1. The number of unbranched alkanes of at least 4 members (excludes halogenated alkanes) is 1. The Labute approximate surface area is 173 Å². The van der Waals surface area contributed by atoms with Gasteiger partial charge in [-0.2, -0.15) is 0 Å². The minimum Gasteiger partial charge on any atom is -0.491 e. The van der Waals surface area contributed by atoms with Crippen LogP contribution in [0.25, 0.3) is 0 Å². The van der Waals surface area contributed by atoms with Gasteiger partial charge in [-0.15, -0.1) is 0 Å². The van der Waals surface area contributed by atoms with Gasteiger partial charge in [-0.1, -0.05) is 37.6 Å². The molecule has 156 valence electrons. The maximum atomic E-state index is 12.3. The van der Waals surface area contributed by atoms with Gasteiger partial charge in [0.05, 0.1) is 18.8 Å². The Kier molecular flexibility index (Phi) is 9.02. The highest BCUT2D eigenvalue weighted by Gasteiger charge is 2.08. The van der Waals surface area contributed by atoms with Crippen molar-refractivity contribution in [3.05, 3.63) is 54.1 Å². The third-order valence-electron chi connectivity index (χ3n) is 4.42. The van der Waals surface area contributed by atoms with Gasteiger partial charge in [0.1, 0.15) is 5.75 Å². The van der Waals surface area contributed by atoms with Gasteiger partial charge in [-0.05, 0) is 42.7 Å². The van der Waals surface area contributed by atoms with Crippen LogP contribution < -0.4 is 15.4 Å². The van der Waals surface area contributed by atoms with E-state index in [0.29, 0.717) is 19.4 Å². The highest BCUT2D eigenvalue weighted by atomic mass is 16.5. The van der Waals surface area contributed by atoms with E-state index in [4.69, 9.17) is 4.74 Å². The third kappa shape index (κ3) is 7.86. The van der Waals surface area contributed by atoms with Gasteiger partial charge in [0.15, 0.2) is 0 Å². The summed E-state index contributed by atoms with van der Waals surface area (Å²) in [5.74, 6) is 0.694. The van der Waals surface area contributed by atoms with Gasteiger partial charge in [0.2, 0.25) is 11.8 Å². The molecule has 0 spiro atoms. The normalized spacial score (nSPS) is 10.3. The lowest BCUT2D eigenvalue weighted by molar-refractivity contribution is -0.128. The van der Waals surface area contributed by atoms with Crippen molar-refractivity contribution in [3.63, 3.8) is 0 Å². The fraction of sp³-hybridized carbons (Fsp3) is 0.391. The smallest absolute Gasteiger partial charge is 0.243 e. The van der Waals surface area contributed by atoms with Gasteiger partial charge < -0.3 is 20.3 Å². The first-order chi connectivity index (χ1) is 14.0. The van der Waals surface area contributed by atoms with Gasteiger partial charge in [-0.3, -0.25) is 9.59 Å². The van der Waals surface area contributed by atoms with E-state index in [1.165, 1.54) is 0 Å². The summed E-state index contributed by atoms with van der Waals surface area (Å²) in [6.07, 6.45) is 3.15. The van der Waals surface area contributed by atoms with E-state index in [9.17, 15) is 9.59 Å². The van der Waals surface area contributed by atoms with Crippen LogP contribution in [0.3, 0.4) is 0 Å². The van der Waals surface area contributed by atoms with Gasteiger partial charge >= 0.3 is 0 Å². The standard InChI is InChI=1S/C23H31N3O3/c1-4-5-15-29-21-12-7-6-11-20(21)24-17-22(27)25-19-10-8-9-18(16-19)13-14-23(28)26(2)3/h6-12,16,24H,4-5,13-15,17H2,1-3H3,(H,25,27). The second-order valence-corrected chi connectivity index (χ2v) is 7.09. The first kappa shape index (κ1) is 22.3. The van der Waals surface area contributed by atoms with E-state index in [1.54, 1.807) is 19.0 Å². The molecule has 0 aliphatic heterocycles. The van der Waals surface area contributed by atoms with Crippen molar-refractivity contribution in [2.75, 3.05) is 37.9 Å². The molecule has 0 aliphatic rings. The summed E-state index contributed by atoms with van der Waals surface area (Å²) in [4.78, 5) is 25.7. The second kappa shape index (κ2) is 11.7. The number of hydrogen-bond donors (Lipinski definition) is 2. The molecule has 0 aromatic heterocycles. The van der Waals surface area contributed by atoms with Crippen molar-refractivity contribution in [3.8, 4) is 5.75 Å². The van der Waals surface area contributed by atoms with Crippen LogP contribution in [-0.2, 0) is 16.0 Å². The maximum absolute atomic E-state index is 12.3. The van der Waals surface area contributed by atoms with E-state index in [-0.39, 0.29) is 18.4 Å². The van der Waals surface area contributed by atoms with E-state index < -0.39 is 0 Å². The Morgan fingerprint density at radius 2 is 1.86 bits per heavy atom. The molecule has 0 unspecified atom stereocenters. The molecule has 29 heavy (non-hydrogen) atoms. The zero-order valence-corrected chi connectivity index (χ0v) is 17.5. The lowest BCUT2D eigenvalue weighted by atomic mass is 10.1. The molecule has 6 nitrogen and oxygen atoms in total. The van der Waals surface area contributed by atoms with Crippen LogP contribution in [-0.4, -0.2) is 44.0 Å². The molecule has 0 saturated carbocycles. The minimum absolute atomic E-state index is 0.0865. The van der Waals surface area contributed by atoms with Crippen molar-refractivity contribution in [1.29, 1.82) is 0 Å². The van der Waals surface area contributed by atoms with Crippen LogP contribution in [0.2, 0.25) is 0 Å². The third-order valence-corrected chi connectivity index (χ3v) is 4.42. The van der Waals surface area contributed by atoms with Crippen molar-refractivity contribution in [1.82, 2.24) is 4.90 Å². The van der Waals surface area contributed by atoms with Crippen LogP contribution in [0.1, 0.15) is 31.7 Å². The molecule has 6 heteroatoms. The molecule has 0 heterocycles. The van der Waals surface area contributed by atoms with Crippen molar-refractivity contribution < 1.29 is 14.3 Å². The highest BCUT2D eigenvalue weighted by Crippen LogP contribution is 2.23. The quantitative estimate of drug-likeness (QED) is 0.564. The highest BCUT2D eigenvalue weighted by molar-refractivity contribution is 5.94. The van der Waals surface area contributed by atoms with E-state index in [2.05, 4.69) is 17.6 Å².